The molecule has 0 aliphatic carbocycles. The van der Waals surface area contributed by atoms with Gasteiger partial charge in [-0.05, 0) is 67.2 Å². The van der Waals surface area contributed by atoms with Crippen molar-refractivity contribution < 1.29 is 23.5 Å². The number of fused-ring (bicyclic) bond motifs is 2. The molecule has 0 unspecified atom stereocenters. The Morgan fingerprint density at radius 2 is 1.34 bits per heavy atom. The molecule has 232 valence electrons. The molecule has 2 amide bonds. The minimum Gasteiger partial charge on any atom is -0.486 e. The summed E-state index contributed by atoms with van der Waals surface area (Å²) in [5.41, 5.74) is 1.53. The summed E-state index contributed by atoms with van der Waals surface area (Å²) in [4.78, 5) is 33.2. The number of likely N-dealkylation sites (N-methyl/N-ethyl adjacent to an activating group) is 1. The second-order valence-electron chi connectivity index (χ2n) is 12.3. The molecular formula is C32H24B8FN5O4. The summed E-state index contributed by atoms with van der Waals surface area (Å²) in [7, 11) is 51.2. The predicted octanol–water partition coefficient (Wildman–Crippen LogP) is 0.750. The lowest BCUT2D eigenvalue weighted by atomic mass is 9.26. The molecule has 4 aromatic rings. The van der Waals surface area contributed by atoms with E-state index >= 15 is 0 Å². The molecular weight excluding hydrogens is 624 g/mol. The van der Waals surface area contributed by atoms with Crippen molar-refractivity contribution in [3.05, 3.63) is 89.4 Å². The lowest BCUT2D eigenvalue weighted by Gasteiger charge is -2.75. The van der Waals surface area contributed by atoms with Crippen LogP contribution in [0.1, 0.15) is 33.3 Å². The van der Waals surface area contributed by atoms with Crippen molar-refractivity contribution in [3.8, 4) is 11.5 Å². The van der Waals surface area contributed by atoms with Gasteiger partial charge in [-0.2, -0.15) is 0 Å². The van der Waals surface area contributed by atoms with Gasteiger partial charge in [0, 0.05) is 28.7 Å². The first kappa shape index (κ1) is 35.8. The fourth-order valence-corrected chi connectivity index (χ4v) is 6.10. The fourth-order valence-electron chi connectivity index (χ4n) is 6.10. The van der Waals surface area contributed by atoms with Crippen molar-refractivity contribution in [2.24, 2.45) is 0 Å². The molecule has 1 fully saturated rings. The number of piperazine rings is 1. The van der Waals surface area contributed by atoms with E-state index < -0.39 is 39.0 Å². The van der Waals surface area contributed by atoms with Crippen LogP contribution in [0.4, 0.5) is 15.8 Å². The van der Waals surface area contributed by atoms with Gasteiger partial charge < -0.3 is 29.9 Å². The standard InChI is InChI=1S/C32H24B8FN5O4/c1-2-45-29(33,34)31(37,38)46(32(39,40)30(45,35)36)16-21-6-3-17-13-18(4-9-23(17)42-21)28(48)44-24-15-20(7-8-22(24)41)43-27(47)19-5-10-25-26(14-19)50-12-11-49-25/h3-10,13-15H,2,11-12,16H2,1H3,(H,43,47)(H,44,48). The number of nitrogens with one attached hydrogen (secondary N) is 2. The second kappa shape index (κ2) is 12.9. The number of anilines is 2. The van der Waals surface area contributed by atoms with Crippen LogP contribution in [0, 0.1) is 5.82 Å². The van der Waals surface area contributed by atoms with Gasteiger partial charge in [0.2, 0.25) is 0 Å². The topological polar surface area (TPSA) is 96.0 Å². The molecule has 6 rings (SSSR count). The molecule has 0 spiro atoms. The van der Waals surface area contributed by atoms with Gasteiger partial charge in [0.25, 0.3) is 11.8 Å². The number of carbonyl (C=O) groups is 2. The lowest BCUT2D eigenvalue weighted by molar-refractivity contribution is -0.0211. The molecule has 3 heterocycles. The van der Waals surface area contributed by atoms with Crippen LogP contribution < -0.4 is 20.1 Å². The van der Waals surface area contributed by atoms with Crippen molar-refractivity contribution in [1.82, 2.24) is 14.8 Å². The number of rotatable bonds is 7. The van der Waals surface area contributed by atoms with Crippen LogP contribution in [0.3, 0.4) is 0 Å². The number of aromatic nitrogens is 1. The number of hydrogen-bond acceptors (Lipinski definition) is 7. The van der Waals surface area contributed by atoms with Crippen LogP contribution in [-0.4, -0.2) is 130 Å². The summed E-state index contributed by atoms with van der Waals surface area (Å²) in [5.74, 6) is -0.770. The Labute approximate surface area is 300 Å². The molecule has 2 N–H and O–H groups in total. The van der Waals surface area contributed by atoms with Gasteiger partial charge in [-0.25, -0.2) is 4.39 Å². The van der Waals surface area contributed by atoms with Gasteiger partial charge in [0.15, 0.2) is 11.5 Å². The Morgan fingerprint density at radius 1 is 0.740 bits per heavy atom. The quantitative estimate of drug-likeness (QED) is 0.286. The molecule has 0 bridgehead atoms. The van der Waals surface area contributed by atoms with Crippen LogP contribution in [0.2, 0.25) is 0 Å². The number of amides is 2. The number of hydrogen-bond donors (Lipinski definition) is 2. The molecule has 16 radical (unpaired) electrons. The lowest BCUT2D eigenvalue weighted by Crippen LogP contribution is -2.91. The highest BCUT2D eigenvalue weighted by molar-refractivity contribution is 6.60. The van der Waals surface area contributed by atoms with E-state index in [0.717, 1.165) is 6.07 Å². The Morgan fingerprint density at radius 3 is 2.02 bits per heavy atom. The molecule has 1 saturated heterocycles. The number of nitrogens with zero attached hydrogens (tertiary/aromatic N) is 3. The van der Waals surface area contributed by atoms with E-state index in [1.807, 2.05) is 0 Å². The van der Waals surface area contributed by atoms with Crippen molar-refractivity contribution in [3.63, 3.8) is 0 Å². The third kappa shape index (κ3) is 6.15. The molecule has 0 saturated carbocycles. The highest BCUT2D eigenvalue weighted by atomic mass is 19.1. The number of benzene rings is 3. The Kier molecular flexibility index (Phi) is 9.27. The van der Waals surface area contributed by atoms with Gasteiger partial charge >= 0.3 is 0 Å². The van der Waals surface area contributed by atoms with E-state index in [2.05, 4.69) is 15.6 Å². The third-order valence-corrected chi connectivity index (χ3v) is 8.99. The third-order valence-electron chi connectivity index (χ3n) is 8.99. The summed E-state index contributed by atoms with van der Waals surface area (Å²) in [6, 6.07) is 16.7. The van der Waals surface area contributed by atoms with Gasteiger partial charge in [0.05, 0.1) is 79.7 Å². The number of ether oxygens (including phenoxy) is 2. The van der Waals surface area contributed by atoms with Crippen LogP contribution in [0.5, 0.6) is 11.5 Å². The van der Waals surface area contributed by atoms with Crippen molar-refractivity contribution in [2.75, 3.05) is 30.4 Å². The van der Waals surface area contributed by atoms with Crippen LogP contribution in [-0.2, 0) is 6.54 Å². The van der Waals surface area contributed by atoms with Crippen LogP contribution in [0.15, 0.2) is 66.7 Å². The monoisotopic (exact) mass is 649 g/mol. The summed E-state index contributed by atoms with van der Waals surface area (Å²) in [6.07, 6.45) is 0. The van der Waals surface area contributed by atoms with E-state index in [4.69, 9.17) is 72.2 Å². The maximum Gasteiger partial charge on any atom is 0.255 e. The zero-order chi connectivity index (χ0) is 36.2. The highest BCUT2D eigenvalue weighted by Crippen LogP contribution is 2.43. The van der Waals surface area contributed by atoms with Gasteiger partial charge in [-0.15, -0.1) is 0 Å². The van der Waals surface area contributed by atoms with Crippen LogP contribution in [0.25, 0.3) is 10.9 Å². The summed E-state index contributed by atoms with van der Waals surface area (Å²) in [6.45, 7) is 2.48. The molecule has 0 atom stereocenters. The molecule has 9 nitrogen and oxygen atoms in total. The second-order valence-corrected chi connectivity index (χ2v) is 12.3. The highest BCUT2D eigenvalue weighted by Gasteiger charge is 2.59. The van der Waals surface area contributed by atoms with Crippen molar-refractivity contribution in [2.45, 2.75) is 34.8 Å². The molecule has 1 aromatic heterocycles. The molecule has 50 heavy (non-hydrogen) atoms. The van der Waals surface area contributed by atoms with Crippen molar-refractivity contribution in [1.29, 1.82) is 0 Å². The van der Waals surface area contributed by atoms with E-state index in [0.29, 0.717) is 46.9 Å². The first-order valence-corrected chi connectivity index (χ1v) is 15.6. The van der Waals surface area contributed by atoms with Gasteiger partial charge in [0.1, 0.15) is 19.0 Å². The first-order chi connectivity index (χ1) is 23.5. The maximum atomic E-state index is 14.8. The minimum atomic E-state index is -2.02. The Balaban J connectivity index is 1.18. The zero-order valence-corrected chi connectivity index (χ0v) is 27.2. The predicted molar refractivity (Wildman–Crippen MR) is 196 cm³/mol. The van der Waals surface area contributed by atoms with Gasteiger partial charge in [-0.3, -0.25) is 14.6 Å². The van der Waals surface area contributed by atoms with E-state index in [9.17, 15) is 14.0 Å². The average molecular weight is 648 g/mol. The van der Waals surface area contributed by atoms with Gasteiger partial charge in [-0.1, -0.05) is 34.3 Å². The number of pyridine rings is 1. The number of carbonyl (C=O) groups excluding carboxylic acids is 2. The van der Waals surface area contributed by atoms with E-state index in [1.165, 1.54) is 28.0 Å². The van der Waals surface area contributed by atoms with Crippen molar-refractivity contribution >= 4 is 96.9 Å². The summed E-state index contributed by atoms with van der Waals surface area (Å²) >= 11 is 0. The van der Waals surface area contributed by atoms with E-state index in [1.54, 1.807) is 49.4 Å². The first-order valence-electron chi connectivity index (χ1n) is 15.6. The Hall–Kier alpha value is -4.02. The van der Waals surface area contributed by atoms with Crippen LogP contribution >= 0.6 is 0 Å². The van der Waals surface area contributed by atoms with E-state index in [-0.39, 0.29) is 30.0 Å². The average Bonchev–Trinajstić information content (AvgIpc) is 3.07. The Bertz CT molecular complexity index is 1970. The summed E-state index contributed by atoms with van der Waals surface area (Å²) < 4.78 is 25.8. The SMILES string of the molecule is [B]C1([B])N(CC)C([B])([B])C([B])([B])N(Cc2ccc3cc(C(=O)Nc4cc(NC(=O)c5ccc6c(c5)OCCO6)ccc4F)ccc3n2)C1([B])[B]. The molecule has 18 heteroatoms. The summed E-state index contributed by atoms with van der Waals surface area (Å²) in [5, 5.41) is -2.11. The molecule has 2 aliphatic heterocycles. The maximum absolute atomic E-state index is 14.8. The normalized spacial score (nSPS) is 19.0. The smallest absolute Gasteiger partial charge is 0.255 e. The molecule has 3 aromatic carbocycles. The minimum absolute atomic E-state index is 0.140. The number of halogens is 1. The largest absolute Gasteiger partial charge is 0.486 e. The molecule has 2 aliphatic rings. The zero-order valence-electron chi connectivity index (χ0n) is 27.2. The fraction of sp³-hybridized carbons (Fsp3) is 0.281.